The van der Waals surface area contributed by atoms with Crippen LogP contribution in [0.2, 0.25) is 0 Å². The minimum absolute atomic E-state index is 0.182. The number of aryl methyl sites for hydroxylation is 2. The van der Waals surface area contributed by atoms with Crippen molar-refractivity contribution in [2.75, 3.05) is 4.72 Å². The van der Waals surface area contributed by atoms with Crippen molar-refractivity contribution in [3.63, 3.8) is 0 Å². The van der Waals surface area contributed by atoms with E-state index in [0.29, 0.717) is 16.8 Å². The van der Waals surface area contributed by atoms with Crippen LogP contribution in [0.15, 0.2) is 41.3 Å². The average Bonchev–Trinajstić information content (AvgIpc) is 2.42. The summed E-state index contributed by atoms with van der Waals surface area (Å²) in [5.74, 6) is 0. The van der Waals surface area contributed by atoms with Gasteiger partial charge in [-0.2, -0.15) is 0 Å². The summed E-state index contributed by atoms with van der Waals surface area (Å²) in [7, 11) is -3.67. The van der Waals surface area contributed by atoms with Gasteiger partial charge in [-0.1, -0.05) is 18.2 Å². The van der Waals surface area contributed by atoms with Gasteiger partial charge in [-0.3, -0.25) is 4.72 Å². The number of anilines is 1. The normalized spacial score (nSPS) is 11.4. The fraction of sp³-hybridized carbons (Fsp3) is 0.250. The summed E-state index contributed by atoms with van der Waals surface area (Å²) in [6.07, 6.45) is 0. The highest BCUT2D eigenvalue weighted by Crippen LogP contribution is 2.23. The number of sulfonamides is 1. The summed E-state index contributed by atoms with van der Waals surface area (Å²) >= 11 is 0. The minimum Gasteiger partial charge on any atom is -0.392 e. The predicted octanol–water partition coefficient (Wildman–Crippen LogP) is 2.90. The Morgan fingerprint density at radius 2 is 1.76 bits per heavy atom. The van der Waals surface area contributed by atoms with Gasteiger partial charge in [0.25, 0.3) is 10.0 Å². The van der Waals surface area contributed by atoms with Gasteiger partial charge < -0.3 is 5.11 Å². The van der Waals surface area contributed by atoms with E-state index >= 15 is 0 Å². The van der Waals surface area contributed by atoms with E-state index in [1.54, 1.807) is 31.2 Å². The lowest BCUT2D eigenvalue weighted by Gasteiger charge is -2.13. The van der Waals surface area contributed by atoms with E-state index in [4.69, 9.17) is 0 Å². The topological polar surface area (TPSA) is 66.4 Å². The summed E-state index contributed by atoms with van der Waals surface area (Å²) in [4.78, 5) is 0.187. The molecule has 0 fully saturated rings. The van der Waals surface area contributed by atoms with Crippen molar-refractivity contribution in [2.24, 2.45) is 0 Å². The van der Waals surface area contributed by atoms with Crippen LogP contribution in [-0.4, -0.2) is 13.5 Å². The summed E-state index contributed by atoms with van der Waals surface area (Å²) in [5, 5.41) is 9.25. The maximum Gasteiger partial charge on any atom is 0.262 e. The van der Waals surface area contributed by atoms with Gasteiger partial charge >= 0.3 is 0 Å². The van der Waals surface area contributed by atoms with Gasteiger partial charge in [0, 0.05) is 5.69 Å². The molecule has 2 rings (SSSR count). The molecule has 112 valence electrons. The molecule has 0 atom stereocenters. The maximum absolute atomic E-state index is 12.5. The fourth-order valence-corrected chi connectivity index (χ4v) is 3.48. The van der Waals surface area contributed by atoms with Gasteiger partial charge in [-0.15, -0.1) is 0 Å². The van der Waals surface area contributed by atoms with E-state index in [2.05, 4.69) is 4.72 Å². The highest BCUT2D eigenvalue weighted by molar-refractivity contribution is 7.92. The van der Waals surface area contributed by atoms with Crippen molar-refractivity contribution < 1.29 is 13.5 Å². The van der Waals surface area contributed by atoms with Crippen molar-refractivity contribution in [1.82, 2.24) is 0 Å². The Morgan fingerprint density at radius 1 is 1.05 bits per heavy atom. The zero-order valence-corrected chi connectivity index (χ0v) is 13.2. The Bertz CT molecular complexity index is 767. The van der Waals surface area contributed by atoms with Gasteiger partial charge in [-0.05, 0) is 61.2 Å². The molecule has 2 aromatic rings. The number of hydrogen-bond donors (Lipinski definition) is 2. The monoisotopic (exact) mass is 305 g/mol. The molecule has 0 bridgehead atoms. The van der Waals surface area contributed by atoms with E-state index in [1.165, 1.54) is 6.07 Å². The SMILES string of the molecule is Cc1ccc(NS(=O)(=O)c2cccc(CO)c2C)cc1C. The van der Waals surface area contributed by atoms with Crippen LogP contribution in [0.25, 0.3) is 0 Å². The number of nitrogens with one attached hydrogen (secondary N) is 1. The molecule has 0 aliphatic carbocycles. The first-order valence-electron chi connectivity index (χ1n) is 6.64. The first-order chi connectivity index (χ1) is 9.85. The molecule has 21 heavy (non-hydrogen) atoms. The Balaban J connectivity index is 2.41. The average molecular weight is 305 g/mol. The quantitative estimate of drug-likeness (QED) is 0.912. The van der Waals surface area contributed by atoms with E-state index in [0.717, 1.165) is 11.1 Å². The van der Waals surface area contributed by atoms with Gasteiger partial charge in [-0.25, -0.2) is 8.42 Å². The Morgan fingerprint density at radius 3 is 2.38 bits per heavy atom. The predicted molar refractivity (Wildman–Crippen MR) is 83.8 cm³/mol. The highest BCUT2D eigenvalue weighted by atomic mass is 32.2. The van der Waals surface area contributed by atoms with E-state index in [9.17, 15) is 13.5 Å². The smallest absolute Gasteiger partial charge is 0.262 e. The summed E-state index contributed by atoms with van der Waals surface area (Å²) < 4.78 is 27.6. The second kappa shape index (κ2) is 5.87. The zero-order valence-electron chi connectivity index (χ0n) is 12.3. The van der Waals surface area contributed by atoms with Crippen LogP contribution in [0.4, 0.5) is 5.69 Å². The zero-order chi connectivity index (χ0) is 15.6. The van der Waals surface area contributed by atoms with Crippen molar-refractivity contribution in [2.45, 2.75) is 32.3 Å². The molecular weight excluding hydrogens is 286 g/mol. The van der Waals surface area contributed by atoms with Gasteiger partial charge in [0.15, 0.2) is 0 Å². The molecule has 2 aromatic carbocycles. The van der Waals surface area contributed by atoms with Crippen molar-refractivity contribution >= 4 is 15.7 Å². The molecule has 5 heteroatoms. The molecule has 0 saturated carbocycles. The summed E-state index contributed by atoms with van der Waals surface area (Å²) in [5.41, 5.74) is 3.84. The van der Waals surface area contributed by atoms with Crippen LogP contribution in [0.5, 0.6) is 0 Å². The van der Waals surface area contributed by atoms with Crippen molar-refractivity contribution in [3.8, 4) is 0 Å². The summed E-state index contributed by atoms with van der Waals surface area (Å²) in [6.45, 7) is 5.42. The molecule has 0 amide bonds. The Labute approximate surface area is 125 Å². The highest BCUT2D eigenvalue weighted by Gasteiger charge is 2.18. The van der Waals surface area contributed by atoms with Crippen LogP contribution >= 0.6 is 0 Å². The first-order valence-corrected chi connectivity index (χ1v) is 8.13. The van der Waals surface area contributed by atoms with Crippen molar-refractivity contribution in [1.29, 1.82) is 0 Å². The standard InChI is InChI=1S/C16H19NO3S/c1-11-7-8-15(9-12(11)2)17-21(19,20)16-6-4-5-14(10-18)13(16)3/h4-9,17-18H,10H2,1-3H3. The molecule has 2 N–H and O–H groups in total. The van der Waals surface area contributed by atoms with Crippen LogP contribution in [0.1, 0.15) is 22.3 Å². The number of benzene rings is 2. The molecule has 0 aliphatic rings. The van der Waals surface area contributed by atoms with E-state index in [1.807, 2.05) is 19.9 Å². The third-order valence-electron chi connectivity index (χ3n) is 3.62. The third-order valence-corrected chi connectivity index (χ3v) is 5.14. The Hall–Kier alpha value is -1.85. The van der Waals surface area contributed by atoms with E-state index in [-0.39, 0.29) is 11.5 Å². The number of rotatable bonds is 4. The molecule has 0 radical (unpaired) electrons. The van der Waals surface area contributed by atoms with Crippen LogP contribution in [0, 0.1) is 20.8 Å². The maximum atomic E-state index is 12.5. The van der Waals surface area contributed by atoms with E-state index < -0.39 is 10.0 Å². The van der Waals surface area contributed by atoms with Crippen LogP contribution < -0.4 is 4.72 Å². The lowest BCUT2D eigenvalue weighted by molar-refractivity contribution is 0.280. The molecule has 4 nitrogen and oxygen atoms in total. The third kappa shape index (κ3) is 3.25. The number of aliphatic hydroxyl groups excluding tert-OH is 1. The largest absolute Gasteiger partial charge is 0.392 e. The van der Waals surface area contributed by atoms with Crippen molar-refractivity contribution in [3.05, 3.63) is 58.7 Å². The molecule has 0 saturated heterocycles. The second-order valence-electron chi connectivity index (χ2n) is 5.10. The molecule has 0 aliphatic heterocycles. The number of aliphatic hydroxyl groups is 1. The van der Waals surface area contributed by atoms with Gasteiger partial charge in [0.2, 0.25) is 0 Å². The lowest BCUT2D eigenvalue weighted by atomic mass is 10.1. The minimum atomic E-state index is -3.67. The fourth-order valence-electron chi connectivity index (χ4n) is 2.14. The van der Waals surface area contributed by atoms with Gasteiger partial charge in [0.1, 0.15) is 0 Å². The molecule has 0 unspecified atom stereocenters. The Kier molecular flexibility index (Phi) is 4.34. The molecule has 0 aromatic heterocycles. The molecular formula is C16H19NO3S. The lowest BCUT2D eigenvalue weighted by Crippen LogP contribution is -2.15. The summed E-state index contributed by atoms with van der Waals surface area (Å²) in [6, 6.07) is 10.3. The number of hydrogen-bond acceptors (Lipinski definition) is 3. The van der Waals surface area contributed by atoms with Gasteiger partial charge in [0.05, 0.1) is 11.5 Å². The van der Waals surface area contributed by atoms with Crippen LogP contribution in [-0.2, 0) is 16.6 Å². The molecule has 0 spiro atoms. The molecule has 0 heterocycles. The first kappa shape index (κ1) is 15.5. The van der Waals surface area contributed by atoms with Crippen LogP contribution in [0.3, 0.4) is 0 Å². The second-order valence-corrected chi connectivity index (χ2v) is 6.75.